The van der Waals surface area contributed by atoms with Gasteiger partial charge in [-0.3, -0.25) is 9.69 Å². The molecule has 3 aromatic rings. The predicted molar refractivity (Wildman–Crippen MR) is 103 cm³/mol. The number of benzene rings is 2. The van der Waals surface area contributed by atoms with Gasteiger partial charge in [0, 0.05) is 37.7 Å². The molecule has 2 heterocycles. The zero-order valence-electron chi connectivity index (χ0n) is 15.7. The molecule has 6 nitrogen and oxygen atoms in total. The van der Waals surface area contributed by atoms with Crippen LogP contribution in [-0.2, 0) is 25.7 Å². The summed E-state index contributed by atoms with van der Waals surface area (Å²) in [6, 6.07) is 8.83. The first-order chi connectivity index (χ1) is 14.2. The van der Waals surface area contributed by atoms with Crippen LogP contribution in [0.3, 0.4) is 0 Å². The Morgan fingerprint density at radius 1 is 1.07 bits per heavy atom. The second-order valence-electron chi connectivity index (χ2n) is 7.23. The first kappa shape index (κ1) is 20.0. The maximum absolute atomic E-state index is 12.7. The van der Waals surface area contributed by atoms with Gasteiger partial charge in [-0.05, 0) is 29.8 Å². The van der Waals surface area contributed by atoms with Crippen LogP contribution in [0.25, 0.3) is 11.4 Å². The van der Waals surface area contributed by atoms with Gasteiger partial charge < -0.3 is 15.2 Å². The molecular weight excluding hydrogens is 399 g/mol. The summed E-state index contributed by atoms with van der Waals surface area (Å²) in [4.78, 5) is 21.7. The van der Waals surface area contributed by atoms with Crippen molar-refractivity contribution in [3.8, 4) is 22.9 Å². The number of alkyl halides is 3. The molecule has 0 unspecified atom stereocenters. The first-order valence-corrected chi connectivity index (χ1v) is 9.23. The molecule has 0 bridgehead atoms. The highest BCUT2D eigenvalue weighted by atomic mass is 19.4. The molecule has 0 saturated carbocycles. The number of phenolic OH excluding ortho intramolecular Hbond substituents is 2. The molecule has 2 aromatic carbocycles. The molecule has 1 aliphatic heterocycles. The van der Waals surface area contributed by atoms with E-state index in [1.165, 1.54) is 18.2 Å². The van der Waals surface area contributed by atoms with E-state index in [-0.39, 0.29) is 22.9 Å². The Morgan fingerprint density at radius 2 is 1.73 bits per heavy atom. The van der Waals surface area contributed by atoms with Crippen LogP contribution in [0.5, 0.6) is 11.5 Å². The van der Waals surface area contributed by atoms with E-state index < -0.39 is 11.7 Å². The fourth-order valence-corrected chi connectivity index (χ4v) is 3.58. The largest absolute Gasteiger partial charge is 0.508 e. The molecule has 0 aliphatic carbocycles. The molecule has 156 valence electrons. The van der Waals surface area contributed by atoms with Gasteiger partial charge >= 0.3 is 6.18 Å². The minimum Gasteiger partial charge on any atom is -0.508 e. The fraction of sp³-hybridized carbons (Fsp3) is 0.238. The van der Waals surface area contributed by atoms with Gasteiger partial charge in [-0.25, -0.2) is 4.98 Å². The van der Waals surface area contributed by atoms with E-state index in [0.717, 1.165) is 12.1 Å². The van der Waals surface area contributed by atoms with Crippen molar-refractivity contribution in [3.63, 3.8) is 0 Å². The van der Waals surface area contributed by atoms with Crippen molar-refractivity contribution < 1.29 is 23.4 Å². The van der Waals surface area contributed by atoms with Crippen molar-refractivity contribution in [2.45, 2.75) is 25.7 Å². The van der Waals surface area contributed by atoms with Crippen LogP contribution in [0.2, 0.25) is 0 Å². The van der Waals surface area contributed by atoms with Gasteiger partial charge in [0.2, 0.25) is 0 Å². The predicted octanol–water partition coefficient (Wildman–Crippen LogP) is 3.43. The zero-order chi connectivity index (χ0) is 21.5. The number of hydrogen-bond donors (Lipinski definition) is 3. The summed E-state index contributed by atoms with van der Waals surface area (Å²) in [7, 11) is 0. The number of aromatic hydroxyl groups is 2. The van der Waals surface area contributed by atoms with Crippen LogP contribution in [-0.4, -0.2) is 31.6 Å². The van der Waals surface area contributed by atoms with Crippen LogP contribution in [0.4, 0.5) is 13.2 Å². The van der Waals surface area contributed by atoms with Crippen molar-refractivity contribution in [1.82, 2.24) is 14.9 Å². The maximum atomic E-state index is 12.7. The Balaban J connectivity index is 1.56. The minimum atomic E-state index is -4.43. The molecule has 4 rings (SSSR count). The van der Waals surface area contributed by atoms with Crippen LogP contribution in [0.15, 0.2) is 47.3 Å². The van der Waals surface area contributed by atoms with Gasteiger partial charge in [0.15, 0.2) is 0 Å². The number of halogens is 3. The summed E-state index contributed by atoms with van der Waals surface area (Å²) >= 11 is 0. The fourth-order valence-electron chi connectivity index (χ4n) is 3.58. The van der Waals surface area contributed by atoms with Crippen molar-refractivity contribution >= 4 is 0 Å². The Morgan fingerprint density at radius 3 is 2.37 bits per heavy atom. The van der Waals surface area contributed by atoms with Crippen molar-refractivity contribution in [2.24, 2.45) is 0 Å². The lowest BCUT2D eigenvalue weighted by Crippen LogP contribution is -2.35. The first-order valence-electron chi connectivity index (χ1n) is 9.23. The molecule has 1 aliphatic rings. The highest BCUT2D eigenvalue weighted by molar-refractivity contribution is 5.56. The van der Waals surface area contributed by atoms with Gasteiger partial charge in [0.05, 0.1) is 16.8 Å². The number of rotatable bonds is 3. The van der Waals surface area contributed by atoms with Crippen LogP contribution < -0.4 is 5.56 Å². The number of fused-ring (bicyclic) bond motifs is 1. The van der Waals surface area contributed by atoms with Gasteiger partial charge in [0.25, 0.3) is 5.56 Å². The Labute approximate surface area is 169 Å². The monoisotopic (exact) mass is 417 g/mol. The molecule has 0 spiro atoms. The van der Waals surface area contributed by atoms with Crippen LogP contribution in [0, 0.1) is 0 Å². The smallest absolute Gasteiger partial charge is 0.416 e. The third-order valence-corrected chi connectivity index (χ3v) is 5.00. The highest BCUT2D eigenvalue weighted by Crippen LogP contribution is 2.30. The summed E-state index contributed by atoms with van der Waals surface area (Å²) in [5, 5.41) is 19.2. The quantitative estimate of drug-likeness (QED) is 0.608. The van der Waals surface area contributed by atoms with Crippen LogP contribution in [0.1, 0.15) is 22.4 Å². The molecular formula is C21H18F3N3O3. The van der Waals surface area contributed by atoms with Crippen molar-refractivity contribution in [3.05, 3.63) is 75.2 Å². The molecule has 0 radical (unpaired) electrons. The van der Waals surface area contributed by atoms with Gasteiger partial charge in [-0.15, -0.1) is 0 Å². The lowest BCUT2D eigenvalue weighted by molar-refractivity contribution is -0.137. The van der Waals surface area contributed by atoms with Crippen molar-refractivity contribution in [1.29, 1.82) is 0 Å². The lowest BCUT2D eigenvalue weighted by Gasteiger charge is -2.27. The van der Waals surface area contributed by atoms with E-state index >= 15 is 0 Å². The number of aromatic nitrogens is 2. The topological polar surface area (TPSA) is 89.5 Å². The van der Waals surface area contributed by atoms with E-state index in [0.29, 0.717) is 48.4 Å². The lowest BCUT2D eigenvalue weighted by atomic mass is 10.0. The number of nitrogens with one attached hydrogen (secondary N) is 1. The average molecular weight is 417 g/mol. The summed E-state index contributed by atoms with van der Waals surface area (Å²) in [5.74, 6) is 0.157. The summed E-state index contributed by atoms with van der Waals surface area (Å²) < 4.78 is 38.2. The number of nitrogens with zero attached hydrogens (tertiary/aromatic N) is 2. The SMILES string of the molecule is O=c1[nH]c(-c2ccc(C(F)(F)F)cc2)nc2c1CN(Cc1cc(O)cc(O)c1)CC2. The molecule has 3 N–H and O–H groups in total. The Hall–Kier alpha value is -3.33. The molecule has 1 aromatic heterocycles. The van der Waals surface area contributed by atoms with Gasteiger partial charge in [0.1, 0.15) is 17.3 Å². The molecule has 0 saturated heterocycles. The van der Waals surface area contributed by atoms with E-state index in [2.05, 4.69) is 9.97 Å². The summed E-state index contributed by atoms with van der Waals surface area (Å²) in [6.45, 7) is 1.37. The average Bonchev–Trinajstić information content (AvgIpc) is 2.67. The minimum absolute atomic E-state index is 0.0388. The standard InChI is InChI=1S/C21H18F3N3O3/c22-21(23,24)14-3-1-13(2-4-14)19-25-18-5-6-27(11-17(18)20(30)26-19)10-12-7-15(28)9-16(29)8-12/h1-4,7-9,28-29H,5-6,10-11H2,(H,25,26,30). The normalized spacial score (nSPS) is 14.5. The van der Waals surface area contributed by atoms with Crippen LogP contribution >= 0.6 is 0 Å². The van der Waals surface area contributed by atoms with E-state index in [9.17, 15) is 28.2 Å². The van der Waals surface area contributed by atoms with E-state index in [1.807, 2.05) is 4.90 Å². The highest BCUT2D eigenvalue weighted by Gasteiger charge is 2.30. The maximum Gasteiger partial charge on any atom is 0.416 e. The summed E-state index contributed by atoms with van der Waals surface area (Å²) in [6.07, 6.45) is -3.93. The number of H-pyrrole nitrogens is 1. The molecule has 9 heteroatoms. The van der Waals surface area contributed by atoms with E-state index in [4.69, 9.17) is 0 Å². The summed E-state index contributed by atoms with van der Waals surface area (Å²) in [5.41, 5.74) is 1.13. The molecule has 0 atom stereocenters. The third-order valence-electron chi connectivity index (χ3n) is 5.00. The molecule has 30 heavy (non-hydrogen) atoms. The van der Waals surface area contributed by atoms with Gasteiger partial charge in [-0.2, -0.15) is 13.2 Å². The number of hydrogen-bond acceptors (Lipinski definition) is 5. The third kappa shape index (κ3) is 4.16. The second-order valence-corrected chi connectivity index (χ2v) is 7.23. The Kier molecular flexibility index (Phi) is 4.98. The number of aromatic amines is 1. The second kappa shape index (κ2) is 7.49. The number of phenols is 2. The Bertz CT molecular complexity index is 1120. The van der Waals surface area contributed by atoms with Crippen molar-refractivity contribution in [2.75, 3.05) is 6.54 Å². The zero-order valence-corrected chi connectivity index (χ0v) is 15.7. The molecule has 0 amide bonds. The van der Waals surface area contributed by atoms with E-state index in [1.54, 1.807) is 12.1 Å². The van der Waals surface area contributed by atoms with Gasteiger partial charge in [-0.1, -0.05) is 12.1 Å². The molecule has 0 fully saturated rings.